The fourth-order valence-corrected chi connectivity index (χ4v) is 3.29. The van der Waals surface area contributed by atoms with Crippen LogP contribution in [0.1, 0.15) is 30.1 Å². The Labute approximate surface area is 189 Å². The Hall–Kier alpha value is -1.68. The first kappa shape index (κ1) is 24.4. The summed E-state index contributed by atoms with van der Waals surface area (Å²) in [4.78, 5) is 25.5. The van der Waals surface area contributed by atoms with Gasteiger partial charge in [0.2, 0.25) is 5.91 Å². The second kappa shape index (κ2) is 12.7. The van der Waals surface area contributed by atoms with Crippen LogP contribution in [0.5, 0.6) is 0 Å². The molecule has 28 heavy (non-hydrogen) atoms. The molecule has 8 heteroatoms. The molecule has 0 bridgehead atoms. The SMILES string of the molecule is CCNC(=NCC(=O)N(CC)Cc1ccccc1)N(C)Cc1csc(C)n1.I. The number of amides is 1. The van der Waals surface area contributed by atoms with E-state index in [9.17, 15) is 4.79 Å². The number of thiazole rings is 1. The molecule has 0 aliphatic carbocycles. The second-order valence-electron chi connectivity index (χ2n) is 6.28. The van der Waals surface area contributed by atoms with Crippen molar-refractivity contribution in [3.8, 4) is 0 Å². The van der Waals surface area contributed by atoms with Crippen LogP contribution in [0.4, 0.5) is 0 Å². The van der Waals surface area contributed by atoms with Crippen LogP contribution in [0.15, 0.2) is 40.7 Å². The van der Waals surface area contributed by atoms with Crippen molar-refractivity contribution in [1.29, 1.82) is 0 Å². The third-order valence-electron chi connectivity index (χ3n) is 4.08. The molecule has 0 aliphatic heterocycles. The minimum atomic E-state index is 0. The van der Waals surface area contributed by atoms with E-state index in [2.05, 4.69) is 20.7 Å². The number of rotatable bonds is 8. The molecule has 2 rings (SSSR count). The molecule has 1 amide bonds. The smallest absolute Gasteiger partial charge is 0.244 e. The van der Waals surface area contributed by atoms with Gasteiger partial charge in [-0.1, -0.05) is 30.3 Å². The summed E-state index contributed by atoms with van der Waals surface area (Å²) < 4.78 is 0. The van der Waals surface area contributed by atoms with Crippen molar-refractivity contribution in [2.75, 3.05) is 26.7 Å². The van der Waals surface area contributed by atoms with Crippen LogP contribution < -0.4 is 5.32 Å². The Morgan fingerprint density at radius 3 is 2.50 bits per heavy atom. The number of nitrogens with zero attached hydrogens (tertiary/aromatic N) is 4. The molecule has 0 aliphatic rings. The van der Waals surface area contributed by atoms with Crippen LogP contribution in [0, 0.1) is 6.92 Å². The lowest BCUT2D eigenvalue weighted by molar-refractivity contribution is -0.130. The van der Waals surface area contributed by atoms with Gasteiger partial charge in [-0.05, 0) is 26.3 Å². The van der Waals surface area contributed by atoms with Crippen molar-refractivity contribution >= 4 is 47.2 Å². The number of guanidine groups is 1. The number of carbonyl (C=O) groups is 1. The summed E-state index contributed by atoms with van der Waals surface area (Å²) >= 11 is 1.64. The standard InChI is InChI=1S/C20H29N5OS.HI/c1-5-21-20(24(4)14-18-15-27-16(3)23-18)22-12-19(26)25(6-2)13-17-10-8-7-9-11-17;/h7-11,15H,5-6,12-14H2,1-4H3,(H,21,22);1H. The average Bonchev–Trinajstić information content (AvgIpc) is 3.08. The predicted octanol–water partition coefficient (Wildman–Crippen LogP) is 3.52. The van der Waals surface area contributed by atoms with Gasteiger partial charge in [0.25, 0.3) is 0 Å². The van der Waals surface area contributed by atoms with E-state index in [0.717, 1.165) is 22.8 Å². The van der Waals surface area contributed by atoms with E-state index in [0.29, 0.717) is 25.6 Å². The van der Waals surface area contributed by atoms with Gasteiger partial charge in [-0.3, -0.25) is 4.79 Å². The van der Waals surface area contributed by atoms with Crippen LogP contribution >= 0.6 is 35.3 Å². The molecule has 1 aromatic heterocycles. The number of hydrogen-bond acceptors (Lipinski definition) is 4. The van der Waals surface area contributed by atoms with Gasteiger partial charge in [-0.25, -0.2) is 9.98 Å². The van der Waals surface area contributed by atoms with E-state index >= 15 is 0 Å². The van der Waals surface area contributed by atoms with Crippen molar-refractivity contribution in [3.05, 3.63) is 52.0 Å². The Kier molecular flexibility index (Phi) is 11.1. The third-order valence-corrected chi connectivity index (χ3v) is 4.90. The van der Waals surface area contributed by atoms with Gasteiger partial charge in [-0.15, -0.1) is 35.3 Å². The zero-order valence-electron chi connectivity index (χ0n) is 17.0. The van der Waals surface area contributed by atoms with Crippen LogP contribution in [-0.4, -0.2) is 53.3 Å². The molecular weight excluding hydrogens is 485 g/mol. The highest BCUT2D eigenvalue weighted by Crippen LogP contribution is 2.10. The van der Waals surface area contributed by atoms with Crippen LogP contribution in [0.2, 0.25) is 0 Å². The van der Waals surface area contributed by atoms with E-state index in [-0.39, 0.29) is 36.4 Å². The van der Waals surface area contributed by atoms with Gasteiger partial charge in [0.1, 0.15) is 6.54 Å². The summed E-state index contributed by atoms with van der Waals surface area (Å²) in [7, 11) is 1.96. The summed E-state index contributed by atoms with van der Waals surface area (Å²) in [6, 6.07) is 10.0. The maximum Gasteiger partial charge on any atom is 0.244 e. The molecule has 0 unspecified atom stereocenters. The zero-order valence-corrected chi connectivity index (χ0v) is 20.2. The predicted molar refractivity (Wildman–Crippen MR) is 127 cm³/mol. The largest absolute Gasteiger partial charge is 0.357 e. The van der Waals surface area contributed by atoms with E-state index < -0.39 is 0 Å². The highest BCUT2D eigenvalue weighted by molar-refractivity contribution is 14.0. The van der Waals surface area contributed by atoms with Crippen molar-refractivity contribution < 1.29 is 4.79 Å². The topological polar surface area (TPSA) is 60.8 Å². The maximum absolute atomic E-state index is 12.6. The van der Waals surface area contributed by atoms with Gasteiger partial charge in [0, 0.05) is 32.1 Å². The zero-order chi connectivity index (χ0) is 19.6. The van der Waals surface area contributed by atoms with E-state index in [1.165, 1.54) is 0 Å². The monoisotopic (exact) mass is 515 g/mol. The summed E-state index contributed by atoms with van der Waals surface area (Å²) in [6.45, 7) is 8.81. The Bertz CT molecular complexity index is 750. The Morgan fingerprint density at radius 2 is 1.93 bits per heavy atom. The van der Waals surface area contributed by atoms with E-state index in [4.69, 9.17) is 0 Å². The van der Waals surface area contributed by atoms with Crippen molar-refractivity contribution in [2.24, 2.45) is 4.99 Å². The van der Waals surface area contributed by atoms with Gasteiger partial charge >= 0.3 is 0 Å². The summed E-state index contributed by atoms with van der Waals surface area (Å²) in [5, 5.41) is 6.36. The molecule has 6 nitrogen and oxygen atoms in total. The molecule has 154 valence electrons. The van der Waals surface area contributed by atoms with Gasteiger partial charge in [0.05, 0.1) is 17.2 Å². The Balaban J connectivity index is 0.00000392. The first-order valence-electron chi connectivity index (χ1n) is 9.25. The third kappa shape index (κ3) is 7.75. The Morgan fingerprint density at radius 1 is 1.21 bits per heavy atom. The number of hydrogen-bond donors (Lipinski definition) is 1. The lowest BCUT2D eigenvalue weighted by Gasteiger charge is -2.23. The maximum atomic E-state index is 12.6. The second-order valence-corrected chi connectivity index (χ2v) is 7.34. The van der Waals surface area contributed by atoms with Gasteiger partial charge in [-0.2, -0.15) is 0 Å². The molecular formula is C20H30IN5OS. The number of nitrogens with one attached hydrogen (secondary N) is 1. The minimum Gasteiger partial charge on any atom is -0.357 e. The molecule has 0 saturated carbocycles. The van der Waals surface area contributed by atoms with Crippen molar-refractivity contribution in [2.45, 2.75) is 33.9 Å². The minimum absolute atomic E-state index is 0. The number of aromatic nitrogens is 1. The molecule has 1 heterocycles. The summed E-state index contributed by atoms with van der Waals surface area (Å²) in [5.74, 6) is 0.738. The van der Waals surface area contributed by atoms with Crippen LogP contribution in [0.25, 0.3) is 0 Å². The molecule has 2 aromatic rings. The van der Waals surface area contributed by atoms with Crippen molar-refractivity contribution in [3.63, 3.8) is 0 Å². The first-order valence-corrected chi connectivity index (χ1v) is 10.1. The van der Waals surface area contributed by atoms with E-state index in [1.54, 1.807) is 11.3 Å². The summed E-state index contributed by atoms with van der Waals surface area (Å²) in [6.07, 6.45) is 0. The fraction of sp³-hybridized carbons (Fsp3) is 0.450. The van der Waals surface area contributed by atoms with Crippen LogP contribution in [0.3, 0.4) is 0 Å². The number of halogens is 1. The molecule has 1 N–H and O–H groups in total. The highest BCUT2D eigenvalue weighted by Gasteiger charge is 2.14. The molecule has 0 fully saturated rings. The molecule has 1 aromatic carbocycles. The van der Waals surface area contributed by atoms with E-state index in [1.807, 2.05) is 68.0 Å². The lowest BCUT2D eigenvalue weighted by atomic mass is 10.2. The fourth-order valence-electron chi connectivity index (χ4n) is 2.69. The summed E-state index contributed by atoms with van der Waals surface area (Å²) in [5.41, 5.74) is 2.13. The number of likely N-dealkylation sites (N-methyl/N-ethyl adjacent to an activating group) is 1. The van der Waals surface area contributed by atoms with Gasteiger partial charge < -0.3 is 15.1 Å². The lowest BCUT2D eigenvalue weighted by Crippen LogP contribution is -2.40. The molecule has 0 atom stereocenters. The number of aliphatic imine (C=N–C) groups is 1. The van der Waals surface area contributed by atoms with Gasteiger partial charge in [0.15, 0.2) is 5.96 Å². The molecule has 0 saturated heterocycles. The first-order chi connectivity index (χ1) is 13.0. The number of carbonyl (C=O) groups excluding carboxylic acids is 1. The number of benzene rings is 1. The van der Waals surface area contributed by atoms with Crippen LogP contribution in [-0.2, 0) is 17.9 Å². The highest BCUT2D eigenvalue weighted by atomic mass is 127. The number of aryl methyl sites for hydroxylation is 1. The molecule has 0 radical (unpaired) electrons. The average molecular weight is 515 g/mol. The quantitative estimate of drug-likeness (QED) is 0.332. The van der Waals surface area contributed by atoms with Crippen molar-refractivity contribution in [1.82, 2.24) is 20.1 Å². The normalized spacial score (nSPS) is 10.9. The molecule has 0 spiro atoms.